The average Bonchev–Trinajstić information content (AvgIpc) is 2.92. The van der Waals surface area contributed by atoms with Gasteiger partial charge in [-0.1, -0.05) is 6.92 Å². The Bertz CT molecular complexity index is 483. The van der Waals surface area contributed by atoms with Gasteiger partial charge in [-0.15, -0.1) is 0 Å². The first-order chi connectivity index (χ1) is 10.5. The third kappa shape index (κ3) is 4.89. The summed E-state index contributed by atoms with van der Waals surface area (Å²) in [7, 11) is 1.61. The van der Waals surface area contributed by atoms with Crippen LogP contribution in [0.3, 0.4) is 0 Å². The minimum absolute atomic E-state index is 0.226. The van der Waals surface area contributed by atoms with Crippen LogP contribution in [-0.2, 0) is 9.47 Å². The highest BCUT2D eigenvalue weighted by Gasteiger charge is 2.32. The number of carbonyl (C=O) groups is 1. The van der Waals surface area contributed by atoms with Gasteiger partial charge in [0, 0.05) is 18.7 Å². The Kier molecular flexibility index (Phi) is 5.63. The van der Waals surface area contributed by atoms with E-state index in [0.29, 0.717) is 19.8 Å². The van der Waals surface area contributed by atoms with Gasteiger partial charge in [-0.05, 0) is 37.1 Å². The van der Waals surface area contributed by atoms with Crippen molar-refractivity contribution in [3.8, 4) is 5.75 Å². The molecule has 0 aromatic heterocycles. The van der Waals surface area contributed by atoms with Gasteiger partial charge in [-0.3, -0.25) is 0 Å². The molecule has 0 aliphatic carbocycles. The molecule has 1 atom stereocenters. The second-order valence-electron chi connectivity index (χ2n) is 5.70. The highest BCUT2D eigenvalue weighted by atomic mass is 16.7. The zero-order valence-electron chi connectivity index (χ0n) is 13.3. The first kappa shape index (κ1) is 16.6. The molecule has 1 fully saturated rings. The lowest BCUT2D eigenvalue weighted by atomic mass is 10.0. The van der Waals surface area contributed by atoms with Crippen molar-refractivity contribution < 1.29 is 19.0 Å². The van der Waals surface area contributed by atoms with Crippen LogP contribution in [0.1, 0.15) is 20.3 Å². The predicted molar refractivity (Wildman–Crippen MR) is 84.1 cm³/mol. The van der Waals surface area contributed by atoms with Gasteiger partial charge in [0.25, 0.3) is 0 Å². The number of methoxy groups -OCH3 is 1. The maximum Gasteiger partial charge on any atom is 0.319 e. The van der Waals surface area contributed by atoms with Crippen LogP contribution < -0.4 is 15.4 Å². The third-order valence-electron chi connectivity index (χ3n) is 3.58. The molecule has 0 spiro atoms. The Labute approximate surface area is 131 Å². The van der Waals surface area contributed by atoms with E-state index >= 15 is 0 Å². The summed E-state index contributed by atoms with van der Waals surface area (Å²) in [5.41, 5.74) is 0.723. The van der Waals surface area contributed by atoms with Crippen LogP contribution in [0.25, 0.3) is 0 Å². The quantitative estimate of drug-likeness (QED) is 0.847. The SMILES string of the molecule is COc1ccc(NC(=O)NCC(C)CC2(C)OCCO2)cc1. The van der Waals surface area contributed by atoms with E-state index in [2.05, 4.69) is 17.6 Å². The molecule has 6 heteroatoms. The zero-order valence-corrected chi connectivity index (χ0v) is 13.3. The van der Waals surface area contributed by atoms with E-state index in [4.69, 9.17) is 14.2 Å². The molecule has 22 heavy (non-hydrogen) atoms. The number of anilines is 1. The monoisotopic (exact) mass is 308 g/mol. The van der Waals surface area contributed by atoms with Crippen molar-refractivity contribution in [1.82, 2.24) is 5.32 Å². The van der Waals surface area contributed by atoms with Gasteiger partial charge < -0.3 is 24.8 Å². The topological polar surface area (TPSA) is 68.8 Å². The number of carbonyl (C=O) groups excluding carboxylic acids is 1. The number of urea groups is 1. The molecule has 0 saturated carbocycles. The highest BCUT2D eigenvalue weighted by molar-refractivity contribution is 5.89. The van der Waals surface area contributed by atoms with E-state index in [-0.39, 0.29) is 11.9 Å². The fourth-order valence-electron chi connectivity index (χ4n) is 2.50. The Morgan fingerprint density at radius 1 is 1.32 bits per heavy atom. The molecule has 1 aromatic carbocycles. The molecule has 6 nitrogen and oxygen atoms in total. The predicted octanol–water partition coefficient (Wildman–Crippen LogP) is 2.61. The molecule has 122 valence electrons. The van der Waals surface area contributed by atoms with Crippen molar-refractivity contribution >= 4 is 11.7 Å². The molecule has 1 aliphatic heterocycles. The second kappa shape index (κ2) is 7.47. The number of amides is 2. The number of hydrogen-bond donors (Lipinski definition) is 2. The van der Waals surface area contributed by atoms with Gasteiger partial charge in [0.2, 0.25) is 0 Å². The van der Waals surface area contributed by atoms with Crippen LogP contribution in [-0.4, -0.2) is 38.7 Å². The number of rotatable bonds is 6. The zero-order chi connectivity index (χ0) is 16.0. The molecule has 1 heterocycles. The van der Waals surface area contributed by atoms with E-state index in [1.807, 2.05) is 6.92 Å². The Hall–Kier alpha value is -1.79. The molecule has 0 bridgehead atoms. The van der Waals surface area contributed by atoms with Crippen molar-refractivity contribution in [2.75, 3.05) is 32.2 Å². The third-order valence-corrected chi connectivity index (χ3v) is 3.58. The van der Waals surface area contributed by atoms with Crippen LogP contribution >= 0.6 is 0 Å². The molecule has 1 unspecified atom stereocenters. The van der Waals surface area contributed by atoms with Crippen molar-refractivity contribution in [2.24, 2.45) is 5.92 Å². The molecule has 1 aromatic rings. The summed E-state index contributed by atoms with van der Waals surface area (Å²) in [6.07, 6.45) is 0.746. The van der Waals surface area contributed by atoms with Gasteiger partial charge >= 0.3 is 6.03 Å². The van der Waals surface area contributed by atoms with E-state index in [0.717, 1.165) is 17.9 Å². The minimum Gasteiger partial charge on any atom is -0.497 e. The number of ether oxygens (including phenoxy) is 3. The average molecular weight is 308 g/mol. The Morgan fingerprint density at radius 3 is 2.55 bits per heavy atom. The first-order valence-electron chi connectivity index (χ1n) is 7.47. The molecule has 1 aliphatic rings. The van der Waals surface area contributed by atoms with Crippen molar-refractivity contribution in [2.45, 2.75) is 26.1 Å². The normalized spacial score (nSPS) is 17.8. The van der Waals surface area contributed by atoms with E-state index in [1.165, 1.54) is 0 Å². The van der Waals surface area contributed by atoms with Crippen LogP contribution in [0, 0.1) is 5.92 Å². The van der Waals surface area contributed by atoms with Crippen molar-refractivity contribution in [3.05, 3.63) is 24.3 Å². The summed E-state index contributed by atoms with van der Waals surface area (Å²) >= 11 is 0. The summed E-state index contributed by atoms with van der Waals surface area (Å²) in [5.74, 6) is 0.488. The number of benzene rings is 1. The Balaban J connectivity index is 1.72. The van der Waals surface area contributed by atoms with Crippen molar-refractivity contribution in [1.29, 1.82) is 0 Å². The molecule has 0 radical (unpaired) electrons. The lowest BCUT2D eigenvalue weighted by Crippen LogP contribution is -2.36. The fraction of sp³-hybridized carbons (Fsp3) is 0.562. The van der Waals surface area contributed by atoms with Gasteiger partial charge in [0.15, 0.2) is 5.79 Å². The smallest absolute Gasteiger partial charge is 0.319 e. The molecular weight excluding hydrogens is 284 g/mol. The maximum atomic E-state index is 11.9. The number of nitrogens with one attached hydrogen (secondary N) is 2. The van der Waals surface area contributed by atoms with Gasteiger partial charge in [0.1, 0.15) is 5.75 Å². The Morgan fingerprint density at radius 2 is 1.95 bits per heavy atom. The largest absolute Gasteiger partial charge is 0.497 e. The molecule has 2 amide bonds. The van der Waals surface area contributed by atoms with E-state index in [1.54, 1.807) is 31.4 Å². The van der Waals surface area contributed by atoms with Gasteiger partial charge in [-0.2, -0.15) is 0 Å². The van der Waals surface area contributed by atoms with Crippen LogP contribution in [0.4, 0.5) is 10.5 Å². The standard InChI is InChI=1S/C16H24N2O4/c1-12(10-16(2)21-8-9-22-16)11-17-15(19)18-13-4-6-14(20-3)7-5-13/h4-7,12H,8-11H2,1-3H3,(H2,17,18,19). The lowest BCUT2D eigenvalue weighted by Gasteiger charge is -2.26. The van der Waals surface area contributed by atoms with E-state index < -0.39 is 5.79 Å². The summed E-state index contributed by atoms with van der Waals surface area (Å²) in [4.78, 5) is 11.9. The molecule has 1 saturated heterocycles. The van der Waals surface area contributed by atoms with Gasteiger partial charge in [-0.25, -0.2) is 4.79 Å². The first-order valence-corrected chi connectivity index (χ1v) is 7.47. The van der Waals surface area contributed by atoms with Crippen molar-refractivity contribution in [3.63, 3.8) is 0 Å². The summed E-state index contributed by atoms with van der Waals surface area (Å²) < 4.78 is 16.2. The van der Waals surface area contributed by atoms with Crippen LogP contribution in [0.2, 0.25) is 0 Å². The lowest BCUT2D eigenvalue weighted by molar-refractivity contribution is -0.153. The summed E-state index contributed by atoms with van der Waals surface area (Å²) in [6.45, 7) is 5.82. The molecule has 2 N–H and O–H groups in total. The minimum atomic E-state index is -0.520. The number of hydrogen-bond acceptors (Lipinski definition) is 4. The molecular formula is C16H24N2O4. The summed E-state index contributed by atoms with van der Waals surface area (Å²) in [5, 5.41) is 5.64. The fourth-order valence-corrected chi connectivity index (χ4v) is 2.50. The molecule has 2 rings (SSSR count). The van der Waals surface area contributed by atoms with Crippen LogP contribution in [0.5, 0.6) is 5.75 Å². The maximum absolute atomic E-state index is 11.9. The highest BCUT2D eigenvalue weighted by Crippen LogP contribution is 2.26. The van der Waals surface area contributed by atoms with Gasteiger partial charge in [0.05, 0.1) is 20.3 Å². The summed E-state index contributed by atoms with van der Waals surface area (Å²) in [6, 6.07) is 6.96. The van der Waals surface area contributed by atoms with E-state index in [9.17, 15) is 4.79 Å². The second-order valence-corrected chi connectivity index (χ2v) is 5.70. The van der Waals surface area contributed by atoms with Crippen LogP contribution in [0.15, 0.2) is 24.3 Å².